The van der Waals surface area contributed by atoms with Gasteiger partial charge in [0, 0.05) is 4.88 Å². The maximum Gasteiger partial charge on any atom is 0.326 e. The molecule has 1 rings (SSSR count). The summed E-state index contributed by atoms with van der Waals surface area (Å²) in [7, 11) is 0. The number of aryl methyl sites for hydroxylation is 2. The highest BCUT2D eigenvalue weighted by Gasteiger charge is 2.21. The fourth-order valence-corrected chi connectivity index (χ4v) is 2.82. The van der Waals surface area contributed by atoms with Gasteiger partial charge in [0.25, 0.3) is 5.91 Å². The summed E-state index contributed by atoms with van der Waals surface area (Å²) in [6.07, 6.45) is 2.35. The monoisotopic (exact) mass is 287 g/mol. The zero-order valence-electron chi connectivity index (χ0n) is 10.6. The summed E-state index contributed by atoms with van der Waals surface area (Å²) < 4.78 is 0. The van der Waals surface area contributed by atoms with Crippen LogP contribution in [0, 0.1) is 13.8 Å². The zero-order chi connectivity index (χ0) is 13.7. The van der Waals surface area contributed by atoms with Gasteiger partial charge < -0.3 is 10.4 Å². The number of aliphatic carboxylic acids is 1. The molecule has 1 aromatic heterocycles. The Morgan fingerprint density at radius 1 is 1.50 bits per heavy atom. The second-order valence-electron chi connectivity index (χ2n) is 4.00. The molecule has 0 spiro atoms. The third kappa shape index (κ3) is 4.03. The van der Waals surface area contributed by atoms with Gasteiger partial charge in [0.1, 0.15) is 6.04 Å². The second-order valence-corrected chi connectivity index (χ2v) is 6.24. The lowest BCUT2D eigenvalue weighted by Crippen LogP contribution is -2.40. The first-order chi connectivity index (χ1) is 8.45. The van der Waals surface area contributed by atoms with E-state index in [1.807, 2.05) is 20.1 Å². The summed E-state index contributed by atoms with van der Waals surface area (Å²) >= 11 is 2.95. The predicted octanol–water partition coefficient (Wildman–Crippen LogP) is 2.30. The molecule has 2 N–H and O–H groups in total. The molecule has 0 aliphatic carbocycles. The smallest absolute Gasteiger partial charge is 0.326 e. The van der Waals surface area contributed by atoms with Crippen LogP contribution >= 0.6 is 23.1 Å². The lowest BCUT2D eigenvalue weighted by Gasteiger charge is -2.12. The normalized spacial score (nSPS) is 12.2. The number of carbonyl (C=O) groups is 2. The van der Waals surface area contributed by atoms with Crippen LogP contribution in [0.25, 0.3) is 0 Å². The minimum Gasteiger partial charge on any atom is -0.480 e. The van der Waals surface area contributed by atoms with Crippen molar-refractivity contribution in [3.05, 3.63) is 21.4 Å². The Morgan fingerprint density at radius 3 is 2.61 bits per heavy atom. The van der Waals surface area contributed by atoms with Crippen LogP contribution in [0.1, 0.15) is 26.5 Å². The van der Waals surface area contributed by atoms with Gasteiger partial charge in [0.05, 0.1) is 4.88 Å². The van der Waals surface area contributed by atoms with Gasteiger partial charge >= 0.3 is 5.97 Å². The van der Waals surface area contributed by atoms with E-state index in [1.165, 1.54) is 11.3 Å². The predicted molar refractivity (Wildman–Crippen MR) is 75.7 cm³/mol. The van der Waals surface area contributed by atoms with Gasteiger partial charge in [-0.2, -0.15) is 11.8 Å². The molecule has 1 amide bonds. The summed E-state index contributed by atoms with van der Waals surface area (Å²) in [5.41, 5.74) is 1.06. The van der Waals surface area contributed by atoms with Crippen LogP contribution in [0.4, 0.5) is 0 Å². The number of hydrogen-bond acceptors (Lipinski definition) is 4. The van der Waals surface area contributed by atoms with E-state index in [-0.39, 0.29) is 5.91 Å². The fourth-order valence-electron chi connectivity index (χ4n) is 1.41. The maximum absolute atomic E-state index is 11.9. The third-order valence-corrected chi connectivity index (χ3v) is 4.40. The summed E-state index contributed by atoms with van der Waals surface area (Å²) in [5, 5.41) is 11.6. The Bertz CT molecular complexity index is 423. The van der Waals surface area contributed by atoms with Gasteiger partial charge in [0.15, 0.2) is 0 Å². The first-order valence-electron chi connectivity index (χ1n) is 5.55. The minimum atomic E-state index is -0.984. The van der Waals surface area contributed by atoms with Gasteiger partial charge in [-0.05, 0) is 43.9 Å². The molecule has 0 saturated carbocycles. The molecule has 1 atom stereocenters. The quantitative estimate of drug-likeness (QED) is 0.842. The molecule has 0 unspecified atom stereocenters. The van der Waals surface area contributed by atoms with Crippen LogP contribution < -0.4 is 5.32 Å². The summed E-state index contributed by atoms with van der Waals surface area (Å²) in [5.74, 6) is -0.577. The minimum absolute atomic E-state index is 0.301. The van der Waals surface area contributed by atoms with Crippen molar-refractivity contribution in [3.8, 4) is 0 Å². The molecule has 1 heterocycles. The Balaban J connectivity index is 2.69. The van der Waals surface area contributed by atoms with Crippen LogP contribution in [0.2, 0.25) is 0 Å². The van der Waals surface area contributed by atoms with E-state index in [0.717, 1.165) is 10.4 Å². The van der Waals surface area contributed by atoms with Crippen molar-refractivity contribution in [2.75, 3.05) is 12.0 Å². The average molecular weight is 287 g/mol. The van der Waals surface area contributed by atoms with Crippen molar-refractivity contribution in [3.63, 3.8) is 0 Å². The second kappa shape index (κ2) is 6.80. The van der Waals surface area contributed by atoms with Crippen molar-refractivity contribution >= 4 is 35.0 Å². The topological polar surface area (TPSA) is 66.4 Å². The molecular weight excluding hydrogens is 270 g/mol. The Hall–Kier alpha value is -1.01. The van der Waals surface area contributed by atoms with Crippen LogP contribution in [0.15, 0.2) is 6.07 Å². The summed E-state index contributed by atoms with van der Waals surface area (Å²) in [4.78, 5) is 24.6. The molecule has 6 heteroatoms. The van der Waals surface area contributed by atoms with E-state index < -0.39 is 12.0 Å². The zero-order valence-corrected chi connectivity index (χ0v) is 12.3. The molecule has 0 aromatic carbocycles. The van der Waals surface area contributed by atoms with Crippen molar-refractivity contribution in [2.24, 2.45) is 0 Å². The number of thioether (sulfide) groups is 1. The number of nitrogens with one attached hydrogen (secondary N) is 1. The summed E-state index contributed by atoms with van der Waals surface area (Å²) in [6.45, 7) is 3.88. The van der Waals surface area contributed by atoms with Crippen LogP contribution in [0.5, 0.6) is 0 Å². The van der Waals surface area contributed by atoms with Crippen molar-refractivity contribution < 1.29 is 14.7 Å². The molecule has 18 heavy (non-hydrogen) atoms. The SMILES string of the molecule is CSCC[C@H](NC(=O)c1cc(C)c(C)s1)C(=O)O. The first-order valence-corrected chi connectivity index (χ1v) is 7.76. The van der Waals surface area contributed by atoms with E-state index >= 15 is 0 Å². The molecular formula is C12H17NO3S2. The maximum atomic E-state index is 11.9. The molecule has 1 aromatic rings. The van der Waals surface area contributed by atoms with Crippen molar-refractivity contribution in [2.45, 2.75) is 26.3 Å². The highest BCUT2D eigenvalue weighted by atomic mass is 32.2. The average Bonchev–Trinajstić information content (AvgIpc) is 2.64. The van der Waals surface area contributed by atoms with Crippen LogP contribution in [-0.2, 0) is 4.79 Å². The van der Waals surface area contributed by atoms with Gasteiger partial charge in [-0.25, -0.2) is 4.79 Å². The number of thiophene rings is 1. The number of carboxylic acids is 1. The van der Waals surface area contributed by atoms with Gasteiger partial charge in [-0.1, -0.05) is 0 Å². The lowest BCUT2D eigenvalue weighted by molar-refractivity contribution is -0.139. The van der Waals surface area contributed by atoms with Crippen LogP contribution in [0.3, 0.4) is 0 Å². The molecule has 0 fully saturated rings. The fraction of sp³-hybridized carbons (Fsp3) is 0.500. The Morgan fingerprint density at radius 2 is 2.17 bits per heavy atom. The van der Waals surface area contributed by atoms with Gasteiger partial charge in [0.2, 0.25) is 0 Å². The number of carbonyl (C=O) groups excluding carboxylic acids is 1. The molecule has 0 aliphatic heterocycles. The van der Waals surface area contributed by atoms with E-state index in [0.29, 0.717) is 17.1 Å². The molecule has 0 saturated heterocycles. The largest absolute Gasteiger partial charge is 0.480 e. The van der Waals surface area contributed by atoms with Gasteiger partial charge in [-0.15, -0.1) is 11.3 Å². The number of carboxylic acid groups (broad SMARTS) is 1. The van der Waals surface area contributed by atoms with Crippen LogP contribution in [-0.4, -0.2) is 35.0 Å². The lowest BCUT2D eigenvalue weighted by atomic mass is 10.2. The van der Waals surface area contributed by atoms with Crippen molar-refractivity contribution in [1.82, 2.24) is 5.32 Å². The highest BCUT2D eigenvalue weighted by Crippen LogP contribution is 2.20. The molecule has 100 valence electrons. The third-order valence-electron chi connectivity index (χ3n) is 2.60. The summed E-state index contributed by atoms with van der Waals surface area (Å²) in [6, 6.07) is 0.982. The molecule has 0 aliphatic rings. The standard InChI is InChI=1S/C12H17NO3S2/c1-7-6-10(18-8(7)2)11(14)13-9(12(15)16)4-5-17-3/h6,9H,4-5H2,1-3H3,(H,13,14)(H,15,16)/t9-/m0/s1. The van der Waals surface area contributed by atoms with E-state index in [4.69, 9.17) is 5.11 Å². The first kappa shape index (κ1) is 15.0. The molecule has 0 bridgehead atoms. The molecule has 4 nitrogen and oxygen atoms in total. The molecule has 0 radical (unpaired) electrons. The Labute approximate surface area is 115 Å². The van der Waals surface area contributed by atoms with E-state index in [9.17, 15) is 9.59 Å². The highest BCUT2D eigenvalue weighted by molar-refractivity contribution is 7.98. The van der Waals surface area contributed by atoms with Gasteiger partial charge in [-0.3, -0.25) is 4.79 Å². The Kier molecular flexibility index (Phi) is 5.68. The van der Waals surface area contributed by atoms with E-state index in [2.05, 4.69) is 5.32 Å². The van der Waals surface area contributed by atoms with Crippen molar-refractivity contribution in [1.29, 1.82) is 0 Å². The number of amides is 1. The van der Waals surface area contributed by atoms with E-state index in [1.54, 1.807) is 17.8 Å². The number of hydrogen-bond donors (Lipinski definition) is 2. The number of rotatable bonds is 6.